The summed E-state index contributed by atoms with van der Waals surface area (Å²) in [7, 11) is 0. The van der Waals surface area contributed by atoms with Crippen molar-refractivity contribution in [1.29, 1.82) is 0 Å². The fourth-order valence-electron chi connectivity index (χ4n) is 1.29. The van der Waals surface area contributed by atoms with E-state index in [0.717, 1.165) is 17.1 Å². The Hall–Kier alpha value is -2.02. The van der Waals surface area contributed by atoms with Gasteiger partial charge in [-0.2, -0.15) is 0 Å². The summed E-state index contributed by atoms with van der Waals surface area (Å²) in [4.78, 5) is 0. The van der Waals surface area contributed by atoms with Gasteiger partial charge in [-0.1, -0.05) is 48.6 Å². The zero-order chi connectivity index (χ0) is 13.2. The zero-order valence-corrected chi connectivity index (χ0v) is 11.3. The summed E-state index contributed by atoms with van der Waals surface area (Å²) >= 11 is 0. The lowest BCUT2D eigenvalue weighted by molar-refractivity contribution is 0.479. The average Bonchev–Trinajstić information content (AvgIpc) is 2.43. The van der Waals surface area contributed by atoms with E-state index in [-0.39, 0.29) is 0 Å². The van der Waals surface area contributed by atoms with Crippen LogP contribution in [0.4, 0.5) is 0 Å². The van der Waals surface area contributed by atoms with Gasteiger partial charge in [-0.25, -0.2) is 0 Å². The molecule has 2 aromatic carbocycles. The van der Waals surface area contributed by atoms with Crippen molar-refractivity contribution < 1.29 is 4.74 Å². The molecule has 0 aliphatic rings. The average molecular weight is 240 g/mol. The maximum Gasteiger partial charge on any atom is 0.130 e. The van der Waals surface area contributed by atoms with Crippen LogP contribution in [-0.2, 0) is 0 Å². The molecule has 1 heteroatoms. The molecular formula is C17H20O. The van der Waals surface area contributed by atoms with Crippen LogP contribution in [0.1, 0.15) is 19.4 Å². The Morgan fingerprint density at radius 1 is 0.778 bits per heavy atom. The van der Waals surface area contributed by atoms with Crippen LogP contribution >= 0.6 is 0 Å². The Kier molecular flexibility index (Phi) is 6.34. The van der Waals surface area contributed by atoms with Crippen LogP contribution in [0, 0.1) is 6.92 Å². The summed E-state index contributed by atoms with van der Waals surface area (Å²) in [6.45, 7) is 6.04. The van der Waals surface area contributed by atoms with Crippen molar-refractivity contribution in [3.63, 3.8) is 0 Å². The summed E-state index contributed by atoms with van der Waals surface area (Å²) in [6.07, 6.45) is 4.00. The first-order valence-electron chi connectivity index (χ1n) is 6.13. The van der Waals surface area contributed by atoms with Gasteiger partial charge in [-0.3, -0.25) is 0 Å². The monoisotopic (exact) mass is 240 g/mol. The standard InChI is InChI=1S/C13H12O.C4H8/c1-11-7-5-6-10-13(11)14-12-8-3-2-4-9-12;1-3-4-2/h2-10H,1H3;3-4H,1-2H3/b;4-3-. The zero-order valence-electron chi connectivity index (χ0n) is 11.3. The van der Waals surface area contributed by atoms with E-state index < -0.39 is 0 Å². The molecule has 94 valence electrons. The van der Waals surface area contributed by atoms with Crippen molar-refractivity contribution in [1.82, 2.24) is 0 Å². The van der Waals surface area contributed by atoms with Gasteiger partial charge < -0.3 is 4.74 Å². The smallest absolute Gasteiger partial charge is 0.130 e. The number of benzene rings is 2. The molecule has 0 bridgehead atoms. The molecular weight excluding hydrogens is 220 g/mol. The van der Waals surface area contributed by atoms with Crippen LogP contribution in [0.5, 0.6) is 11.5 Å². The Morgan fingerprint density at radius 2 is 1.33 bits per heavy atom. The van der Waals surface area contributed by atoms with Crippen LogP contribution in [0.2, 0.25) is 0 Å². The molecule has 0 radical (unpaired) electrons. The first-order chi connectivity index (χ1) is 8.77. The van der Waals surface area contributed by atoms with Gasteiger partial charge in [0.1, 0.15) is 11.5 Å². The van der Waals surface area contributed by atoms with Crippen molar-refractivity contribution in [3.05, 3.63) is 72.3 Å². The van der Waals surface area contributed by atoms with Crippen LogP contribution in [0.15, 0.2) is 66.7 Å². The number of ether oxygens (including phenoxy) is 1. The molecule has 0 heterocycles. The van der Waals surface area contributed by atoms with Gasteiger partial charge in [-0.15, -0.1) is 0 Å². The van der Waals surface area contributed by atoms with E-state index in [0.29, 0.717) is 0 Å². The predicted molar refractivity (Wildman–Crippen MR) is 78.2 cm³/mol. The molecule has 0 atom stereocenters. The summed E-state index contributed by atoms with van der Waals surface area (Å²) < 4.78 is 5.71. The lowest BCUT2D eigenvalue weighted by atomic mass is 10.2. The van der Waals surface area contributed by atoms with Crippen LogP contribution < -0.4 is 4.74 Å². The molecule has 0 saturated heterocycles. The molecule has 0 N–H and O–H groups in total. The first kappa shape index (κ1) is 14.0. The van der Waals surface area contributed by atoms with Crippen molar-refractivity contribution in [2.75, 3.05) is 0 Å². The summed E-state index contributed by atoms with van der Waals surface area (Å²) in [5.41, 5.74) is 1.15. The summed E-state index contributed by atoms with van der Waals surface area (Å²) in [6, 6.07) is 17.8. The lowest BCUT2D eigenvalue weighted by Gasteiger charge is -2.07. The third-order valence-corrected chi connectivity index (χ3v) is 2.40. The number of allylic oxidation sites excluding steroid dienone is 2. The molecule has 0 spiro atoms. The highest BCUT2D eigenvalue weighted by atomic mass is 16.5. The first-order valence-corrected chi connectivity index (χ1v) is 6.13. The maximum absolute atomic E-state index is 5.71. The summed E-state index contributed by atoms with van der Waals surface area (Å²) in [5, 5.41) is 0. The second kappa shape index (κ2) is 8.13. The van der Waals surface area contributed by atoms with Gasteiger partial charge in [-0.05, 0) is 44.5 Å². The quantitative estimate of drug-likeness (QED) is 0.641. The van der Waals surface area contributed by atoms with E-state index in [1.807, 2.05) is 87.5 Å². The Bertz CT molecular complexity index is 468. The highest BCUT2D eigenvalue weighted by Gasteiger charge is 1.98. The van der Waals surface area contributed by atoms with Crippen molar-refractivity contribution in [2.24, 2.45) is 0 Å². The van der Waals surface area contributed by atoms with Gasteiger partial charge in [0.15, 0.2) is 0 Å². The second-order valence-electron chi connectivity index (χ2n) is 3.85. The lowest BCUT2D eigenvalue weighted by Crippen LogP contribution is -1.85. The Labute approximate surface area is 110 Å². The topological polar surface area (TPSA) is 9.23 Å². The molecule has 0 saturated carbocycles. The highest BCUT2D eigenvalue weighted by Crippen LogP contribution is 2.23. The van der Waals surface area contributed by atoms with Crippen LogP contribution in [0.25, 0.3) is 0 Å². The fourth-order valence-corrected chi connectivity index (χ4v) is 1.29. The molecule has 0 fully saturated rings. The molecule has 1 nitrogen and oxygen atoms in total. The molecule has 0 amide bonds. The van der Waals surface area contributed by atoms with E-state index in [1.54, 1.807) is 0 Å². The molecule has 18 heavy (non-hydrogen) atoms. The number of hydrogen-bond acceptors (Lipinski definition) is 1. The third-order valence-electron chi connectivity index (χ3n) is 2.40. The van der Waals surface area contributed by atoms with E-state index >= 15 is 0 Å². The normalized spacial score (nSPS) is 9.72. The number of hydrogen-bond donors (Lipinski definition) is 0. The van der Waals surface area contributed by atoms with Gasteiger partial charge in [0.2, 0.25) is 0 Å². The van der Waals surface area contributed by atoms with Crippen molar-refractivity contribution in [3.8, 4) is 11.5 Å². The van der Waals surface area contributed by atoms with E-state index in [1.165, 1.54) is 0 Å². The largest absolute Gasteiger partial charge is 0.457 e. The Balaban J connectivity index is 0.000000357. The SMILES string of the molecule is C/C=C\C.Cc1ccccc1Oc1ccccc1. The van der Waals surface area contributed by atoms with E-state index in [9.17, 15) is 0 Å². The van der Waals surface area contributed by atoms with Gasteiger partial charge in [0.25, 0.3) is 0 Å². The molecule has 2 aromatic rings. The van der Waals surface area contributed by atoms with Crippen molar-refractivity contribution in [2.45, 2.75) is 20.8 Å². The Morgan fingerprint density at radius 3 is 1.89 bits per heavy atom. The fraction of sp³-hybridized carbons (Fsp3) is 0.176. The van der Waals surface area contributed by atoms with Gasteiger partial charge >= 0.3 is 0 Å². The predicted octanol–water partition coefficient (Wildman–Crippen LogP) is 5.37. The molecule has 0 aromatic heterocycles. The number of rotatable bonds is 2. The van der Waals surface area contributed by atoms with Gasteiger partial charge in [0, 0.05) is 0 Å². The molecule has 2 rings (SSSR count). The van der Waals surface area contributed by atoms with Crippen molar-refractivity contribution >= 4 is 0 Å². The van der Waals surface area contributed by atoms with Gasteiger partial charge in [0.05, 0.1) is 0 Å². The minimum Gasteiger partial charge on any atom is -0.457 e. The maximum atomic E-state index is 5.71. The van der Waals surface area contributed by atoms with Crippen LogP contribution in [-0.4, -0.2) is 0 Å². The molecule has 0 aliphatic carbocycles. The van der Waals surface area contributed by atoms with Crippen LogP contribution in [0.3, 0.4) is 0 Å². The third kappa shape index (κ3) is 4.88. The minimum atomic E-state index is 0.877. The molecule has 0 unspecified atom stereocenters. The number of para-hydroxylation sites is 2. The minimum absolute atomic E-state index is 0.877. The highest BCUT2D eigenvalue weighted by molar-refractivity contribution is 5.36. The molecule has 0 aliphatic heterocycles. The second-order valence-corrected chi connectivity index (χ2v) is 3.85. The number of aryl methyl sites for hydroxylation is 1. The van der Waals surface area contributed by atoms with E-state index in [2.05, 4.69) is 0 Å². The van der Waals surface area contributed by atoms with E-state index in [4.69, 9.17) is 4.74 Å². The summed E-state index contributed by atoms with van der Waals surface area (Å²) in [5.74, 6) is 1.79.